The topological polar surface area (TPSA) is 41.5 Å². The van der Waals surface area contributed by atoms with Crippen LogP contribution in [0.1, 0.15) is 39.9 Å². The Hall–Kier alpha value is -3.63. The summed E-state index contributed by atoms with van der Waals surface area (Å²) in [5, 5.41) is 3.09. The first kappa shape index (κ1) is 21.2. The molecule has 4 heteroatoms. The van der Waals surface area contributed by atoms with Gasteiger partial charge in [0.15, 0.2) is 0 Å². The summed E-state index contributed by atoms with van der Waals surface area (Å²) in [6.45, 7) is 2.70. The van der Waals surface area contributed by atoms with Gasteiger partial charge in [-0.1, -0.05) is 97.5 Å². The lowest BCUT2D eigenvalue weighted by molar-refractivity contribution is 0.0951. The van der Waals surface area contributed by atoms with Crippen LogP contribution in [0.15, 0.2) is 118 Å². The zero-order valence-electron chi connectivity index (χ0n) is 18.4. The fourth-order valence-corrected chi connectivity index (χ4v) is 4.95. The minimum absolute atomic E-state index is 0.0798. The van der Waals surface area contributed by atoms with Gasteiger partial charge in [-0.3, -0.25) is 4.79 Å². The van der Waals surface area contributed by atoms with Crippen molar-refractivity contribution in [2.24, 2.45) is 4.99 Å². The summed E-state index contributed by atoms with van der Waals surface area (Å²) in [4.78, 5) is 20.2. The minimum Gasteiger partial charge on any atom is -0.351 e. The highest BCUT2D eigenvalue weighted by Gasteiger charge is 2.20. The van der Waals surface area contributed by atoms with Crippen LogP contribution in [-0.4, -0.2) is 18.2 Å². The third kappa shape index (κ3) is 4.62. The number of nitrogens with zero attached hydrogens (tertiary/aromatic N) is 1. The fourth-order valence-electron chi connectivity index (χ4n) is 3.95. The largest absolute Gasteiger partial charge is 0.351 e. The fraction of sp³-hybridized carbons (Fsp3) is 0.103. The Bertz CT molecular complexity index is 1320. The molecule has 1 N–H and O–H groups in total. The molecule has 1 unspecified atom stereocenters. The number of carbonyl (C=O) groups is 1. The summed E-state index contributed by atoms with van der Waals surface area (Å²) >= 11 is 1.69. The van der Waals surface area contributed by atoms with E-state index in [2.05, 4.69) is 54.7 Å². The Morgan fingerprint density at radius 2 is 1.55 bits per heavy atom. The van der Waals surface area contributed by atoms with Crippen molar-refractivity contribution < 1.29 is 4.79 Å². The first-order valence-electron chi connectivity index (χ1n) is 11.1. The molecule has 0 fully saturated rings. The molecule has 33 heavy (non-hydrogen) atoms. The summed E-state index contributed by atoms with van der Waals surface area (Å²) < 4.78 is 0. The maximum Gasteiger partial charge on any atom is 0.251 e. The second kappa shape index (κ2) is 9.47. The predicted octanol–water partition coefficient (Wildman–Crippen LogP) is 6.85. The van der Waals surface area contributed by atoms with Gasteiger partial charge in [0.1, 0.15) is 0 Å². The number of rotatable bonds is 5. The lowest BCUT2D eigenvalue weighted by atomic mass is 10.0. The molecule has 0 saturated heterocycles. The van der Waals surface area contributed by atoms with Crippen molar-refractivity contribution in [1.29, 1.82) is 0 Å². The SMILES string of the molecule is CC(CNC(=O)c1ccc2c(c1)N=C(c1ccccc1)c1ccccc1S2)c1ccccc1. The van der Waals surface area contributed by atoms with Crippen molar-refractivity contribution in [3.05, 3.63) is 125 Å². The van der Waals surface area contributed by atoms with E-state index < -0.39 is 0 Å². The van der Waals surface area contributed by atoms with Crippen molar-refractivity contribution in [3.8, 4) is 0 Å². The van der Waals surface area contributed by atoms with Crippen LogP contribution in [0, 0.1) is 0 Å². The van der Waals surface area contributed by atoms with Crippen LogP contribution >= 0.6 is 11.8 Å². The molecule has 0 aromatic heterocycles. The number of aliphatic imine (C=N–C) groups is 1. The summed E-state index contributed by atoms with van der Waals surface area (Å²) in [6.07, 6.45) is 0. The van der Waals surface area contributed by atoms with E-state index in [0.29, 0.717) is 12.1 Å². The van der Waals surface area contributed by atoms with Crippen molar-refractivity contribution >= 4 is 29.1 Å². The molecule has 1 atom stereocenters. The van der Waals surface area contributed by atoms with Gasteiger partial charge in [0.05, 0.1) is 11.4 Å². The van der Waals surface area contributed by atoms with Gasteiger partial charge < -0.3 is 5.32 Å². The molecule has 0 bridgehead atoms. The van der Waals surface area contributed by atoms with E-state index in [0.717, 1.165) is 32.3 Å². The van der Waals surface area contributed by atoms with Crippen molar-refractivity contribution in [2.75, 3.05) is 6.54 Å². The highest BCUT2D eigenvalue weighted by Crippen LogP contribution is 2.41. The Labute approximate surface area is 198 Å². The average Bonchev–Trinajstić information content (AvgIpc) is 3.04. The van der Waals surface area contributed by atoms with Crippen LogP contribution in [0.4, 0.5) is 5.69 Å². The number of nitrogens with one attached hydrogen (secondary N) is 1. The Morgan fingerprint density at radius 3 is 2.33 bits per heavy atom. The summed E-state index contributed by atoms with van der Waals surface area (Å²) in [6, 6.07) is 34.6. The zero-order valence-corrected chi connectivity index (χ0v) is 19.2. The molecule has 1 amide bonds. The van der Waals surface area contributed by atoms with Crippen LogP contribution < -0.4 is 5.32 Å². The van der Waals surface area contributed by atoms with E-state index in [1.807, 2.05) is 60.7 Å². The molecular formula is C29H24N2OS. The molecule has 1 heterocycles. The first-order valence-corrected chi connectivity index (χ1v) is 11.9. The summed E-state index contributed by atoms with van der Waals surface area (Å²) in [7, 11) is 0. The predicted molar refractivity (Wildman–Crippen MR) is 136 cm³/mol. The summed E-state index contributed by atoms with van der Waals surface area (Å²) in [5.41, 5.74) is 5.74. The van der Waals surface area contributed by atoms with Crippen LogP contribution in [0.25, 0.3) is 0 Å². The summed E-state index contributed by atoms with van der Waals surface area (Å²) in [5.74, 6) is 0.160. The molecule has 162 valence electrons. The Morgan fingerprint density at radius 1 is 0.848 bits per heavy atom. The number of carbonyl (C=O) groups excluding carboxylic acids is 1. The monoisotopic (exact) mass is 448 g/mol. The van der Waals surface area contributed by atoms with Crippen molar-refractivity contribution in [1.82, 2.24) is 5.32 Å². The normalized spacial score (nSPS) is 13.2. The van der Waals surface area contributed by atoms with Crippen LogP contribution in [-0.2, 0) is 0 Å². The molecule has 5 rings (SSSR count). The van der Waals surface area contributed by atoms with Gasteiger partial charge in [-0.05, 0) is 35.7 Å². The molecule has 0 radical (unpaired) electrons. The number of hydrogen-bond acceptors (Lipinski definition) is 3. The maximum atomic E-state index is 13.0. The highest BCUT2D eigenvalue weighted by atomic mass is 32.2. The maximum absolute atomic E-state index is 13.0. The third-order valence-corrected chi connectivity index (χ3v) is 6.94. The van der Waals surface area contributed by atoms with E-state index in [9.17, 15) is 4.79 Å². The van der Waals surface area contributed by atoms with Gasteiger partial charge >= 0.3 is 0 Å². The third-order valence-electron chi connectivity index (χ3n) is 5.80. The van der Waals surface area contributed by atoms with E-state index >= 15 is 0 Å². The van der Waals surface area contributed by atoms with E-state index in [4.69, 9.17) is 4.99 Å². The number of fused-ring (bicyclic) bond motifs is 2. The lowest BCUT2D eigenvalue weighted by Gasteiger charge is -2.13. The molecule has 0 saturated carbocycles. The Kier molecular flexibility index (Phi) is 6.09. The van der Waals surface area contributed by atoms with Crippen molar-refractivity contribution in [3.63, 3.8) is 0 Å². The average molecular weight is 449 g/mol. The molecule has 4 aromatic rings. The smallest absolute Gasteiger partial charge is 0.251 e. The van der Waals surface area contributed by atoms with E-state index in [-0.39, 0.29) is 11.8 Å². The van der Waals surface area contributed by atoms with Gasteiger partial charge in [-0.25, -0.2) is 4.99 Å². The van der Waals surface area contributed by atoms with Gasteiger partial charge in [0.25, 0.3) is 5.91 Å². The first-order chi connectivity index (χ1) is 16.2. The van der Waals surface area contributed by atoms with Crippen LogP contribution in [0.3, 0.4) is 0 Å². The lowest BCUT2D eigenvalue weighted by Crippen LogP contribution is -2.27. The van der Waals surface area contributed by atoms with Crippen LogP contribution in [0.5, 0.6) is 0 Å². The quantitative estimate of drug-likeness (QED) is 0.319. The second-order valence-electron chi connectivity index (χ2n) is 8.13. The van der Waals surface area contributed by atoms with E-state index in [1.54, 1.807) is 11.8 Å². The number of amides is 1. The zero-order chi connectivity index (χ0) is 22.6. The molecule has 1 aliphatic heterocycles. The van der Waals surface area contributed by atoms with E-state index in [1.165, 1.54) is 5.56 Å². The second-order valence-corrected chi connectivity index (χ2v) is 9.21. The van der Waals surface area contributed by atoms with Gasteiger partial charge in [0, 0.05) is 33.0 Å². The van der Waals surface area contributed by atoms with Gasteiger partial charge in [-0.15, -0.1) is 0 Å². The Balaban J connectivity index is 1.45. The number of benzene rings is 4. The number of hydrogen-bond donors (Lipinski definition) is 1. The van der Waals surface area contributed by atoms with Crippen molar-refractivity contribution in [2.45, 2.75) is 22.6 Å². The molecular weight excluding hydrogens is 424 g/mol. The van der Waals surface area contributed by atoms with Gasteiger partial charge in [-0.2, -0.15) is 0 Å². The minimum atomic E-state index is -0.0798. The standard InChI is InChI=1S/C29H24N2OS/c1-20(21-10-4-2-5-11-21)19-30-29(32)23-16-17-27-25(18-23)31-28(22-12-6-3-7-13-22)24-14-8-9-15-26(24)33-27/h2-18,20H,19H2,1H3,(H,30,32). The molecule has 0 spiro atoms. The van der Waals surface area contributed by atoms with Gasteiger partial charge in [0.2, 0.25) is 0 Å². The molecule has 1 aliphatic rings. The highest BCUT2D eigenvalue weighted by molar-refractivity contribution is 7.99. The van der Waals surface area contributed by atoms with Crippen LogP contribution in [0.2, 0.25) is 0 Å². The molecule has 4 aromatic carbocycles. The molecule has 0 aliphatic carbocycles. The molecule has 3 nitrogen and oxygen atoms in total.